The lowest BCUT2D eigenvalue weighted by atomic mass is 9.81. The molecule has 0 bridgehead atoms. The summed E-state index contributed by atoms with van der Waals surface area (Å²) >= 11 is 0. The van der Waals surface area contributed by atoms with E-state index in [1.54, 1.807) is 6.92 Å². The van der Waals surface area contributed by atoms with Crippen LogP contribution in [0.25, 0.3) is 5.65 Å². The fraction of sp³-hybridized carbons (Fsp3) is 0.333. The first-order valence-electron chi connectivity index (χ1n) is 7.41. The molecule has 0 fully saturated rings. The fourth-order valence-corrected chi connectivity index (χ4v) is 3.55. The van der Waals surface area contributed by atoms with Crippen molar-refractivity contribution in [3.63, 3.8) is 0 Å². The summed E-state index contributed by atoms with van der Waals surface area (Å²) in [7, 11) is 0. The Balaban J connectivity index is 1.99. The Hall–Kier alpha value is -2.91. The Kier molecular flexibility index (Phi) is 3.15. The Labute approximate surface area is 138 Å². The second kappa shape index (κ2) is 5.04. The predicted octanol–water partition coefficient (Wildman–Crippen LogP) is 2.34. The number of hydrogen-bond donors (Lipinski definition) is 1. The van der Waals surface area contributed by atoms with Crippen LogP contribution in [0.1, 0.15) is 42.6 Å². The number of halogens is 3. The molecule has 0 aromatic carbocycles. The summed E-state index contributed by atoms with van der Waals surface area (Å²) in [6.07, 6.45) is 3.93. The van der Waals surface area contributed by atoms with Crippen LogP contribution in [0, 0.1) is 5.95 Å². The molecule has 0 spiro atoms. The first-order valence-corrected chi connectivity index (χ1v) is 7.41. The van der Waals surface area contributed by atoms with Gasteiger partial charge in [-0.3, -0.25) is 4.79 Å². The van der Waals surface area contributed by atoms with E-state index in [0.29, 0.717) is 21.5 Å². The maximum Gasteiger partial charge on any atom is 0.333 e. The number of aromatic nitrogens is 5. The molecule has 130 valence electrons. The predicted molar refractivity (Wildman–Crippen MR) is 77.9 cm³/mol. The van der Waals surface area contributed by atoms with Crippen molar-refractivity contribution in [1.82, 2.24) is 24.4 Å². The maximum absolute atomic E-state index is 13.6. The van der Waals surface area contributed by atoms with E-state index in [0.717, 1.165) is 6.07 Å². The number of aliphatic carboxylic acids is 1. The average molecular weight is 351 g/mol. The van der Waals surface area contributed by atoms with Gasteiger partial charge >= 0.3 is 12.5 Å². The highest BCUT2D eigenvalue weighted by molar-refractivity contribution is 5.79. The Morgan fingerprint density at radius 1 is 1.44 bits per heavy atom. The van der Waals surface area contributed by atoms with E-state index in [1.807, 2.05) is 0 Å². The van der Waals surface area contributed by atoms with Crippen LogP contribution < -0.4 is 0 Å². The molecule has 0 amide bonds. The highest BCUT2D eigenvalue weighted by atomic mass is 19.3. The Morgan fingerprint density at radius 2 is 2.20 bits per heavy atom. The minimum Gasteiger partial charge on any atom is -0.481 e. The molecule has 2 atom stereocenters. The summed E-state index contributed by atoms with van der Waals surface area (Å²) < 4.78 is 41.1. The van der Waals surface area contributed by atoms with Crippen molar-refractivity contribution in [2.24, 2.45) is 0 Å². The van der Waals surface area contributed by atoms with Gasteiger partial charge in [-0.15, -0.1) is 5.10 Å². The molecular weight excluding hydrogens is 339 g/mol. The number of carboxylic acids is 1. The summed E-state index contributed by atoms with van der Waals surface area (Å²) in [5, 5.41) is 16.9. The molecule has 3 aromatic heterocycles. The average Bonchev–Trinajstić information content (AvgIpc) is 3.22. The number of carboxylic acid groups (broad SMARTS) is 1. The van der Waals surface area contributed by atoms with E-state index in [4.69, 9.17) is 0 Å². The number of hydrogen-bond acceptors (Lipinski definition) is 4. The highest BCUT2D eigenvalue weighted by Gasteiger charge is 2.48. The molecule has 0 saturated carbocycles. The number of alkyl halides is 2. The third kappa shape index (κ3) is 2.13. The molecule has 0 aliphatic heterocycles. The van der Waals surface area contributed by atoms with Crippen LogP contribution in [-0.2, 0) is 10.2 Å². The number of carbonyl (C=O) groups is 1. The first-order chi connectivity index (χ1) is 11.8. The zero-order valence-corrected chi connectivity index (χ0v) is 12.9. The number of nitrogens with zero attached hydrogens (tertiary/aromatic N) is 5. The minimum atomic E-state index is -2.81. The molecular formula is C15H12F3N5O2. The smallest absolute Gasteiger partial charge is 0.333 e. The summed E-state index contributed by atoms with van der Waals surface area (Å²) in [6.45, 7) is -1.10. The van der Waals surface area contributed by atoms with E-state index in [9.17, 15) is 23.1 Å². The molecule has 1 aliphatic carbocycles. The molecule has 10 heteroatoms. The van der Waals surface area contributed by atoms with Gasteiger partial charge in [0.15, 0.2) is 5.65 Å². The highest BCUT2D eigenvalue weighted by Crippen LogP contribution is 2.49. The van der Waals surface area contributed by atoms with Crippen molar-refractivity contribution < 1.29 is 23.1 Å². The molecule has 25 heavy (non-hydrogen) atoms. The standard InChI is InChI=1S/C15H12F3N5O2/c1-15(7-4-20-22(6-7)14(17)18)3-8(13(24)25)9-5-19-11-2-10(16)21-23(11)12(9)15/h2,4-6,8,14H,3H2,1H3,(H,24,25)/t8?,15-/m1/s1. The van der Waals surface area contributed by atoms with Crippen molar-refractivity contribution in [3.8, 4) is 0 Å². The quantitative estimate of drug-likeness (QED) is 0.783. The van der Waals surface area contributed by atoms with Crippen LogP contribution in [0.3, 0.4) is 0 Å². The second-order valence-electron chi connectivity index (χ2n) is 6.21. The van der Waals surface area contributed by atoms with E-state index >= 15 is 0 Å². The molecule has 7 nitrogen and oxygen atoms in total. The lowest BCUT2D eigenvalue weighted by Gasteiger charge is -2.24. The topological polar surface area (TPSA) is 85.3 Å². The fourth-order valence-electron chi connectivity index (χ4n) is 3.55. The van der Waals surface area contributed by atoms with Gasteiger partial charge in [-0.1, -0.05) is 0 Å². The summed E-state index contributed by atoms with van der Waals surface area (Å²) in [4.78, 5) is 15.7. The second-order valence-corrected chi connectivity index (χ2v) is 6.21. The lowest BCUT2D eigenvalue weighted by molar-refractivity contribution is -0.138. The number of fused-ring (bicyclic) bond motifs is 3. The van der Waals surface area contributed by atoms with Crippen LogP contribution in [0.4, 0.5) is 13.2 Å². The van der Waals surface area contributed by atoms with Gasteiger partial charge in [-0.2, -0.15) is 18.3 Å². The van der Waals surface area contributed by atoms with Gasteiger partial charge < -0.3 is 5.11 Å². The first kappa shape index (κ1) is 15.6. The summed E-state index contributed by atoms with van der Waals surface area (Å²) in [6, 6.07) is 1.12. The van der Waals surface area contributed by atoms with Gasteiger partial charge in [0, 0.05) is 35.0 Å². The summed E-state index contributed by atoms with van der Waals surface area (Å²) in [5.74, 6) is -2.73. The van der Waals surface area contributed by atoms with Crippen molar-refractivity contribution in [1.29, 1.82) is 0 Å². The molecule has 1 unspecified atom stereocenters. The van der Waals surface area contributed by atoms with Crippen LogP contribution in [0.5, 0.6) is 0 Å². The zero-order chi connectivity index (χ0) is 17.9. The van der Waals surface area contributed by atoms with Gasteiger partial charge in [-0.25, -0.2) is 14.2 Å². The van der Waals surface area contributed by atoms with Crippen molar-refractivity contribution >= 4 is 11.6 Å². The van der Waals surface area contributed by atoms with Crippen LogP contribution >= 0.6 is 0 Å². The van der Waals surface area contributed by atoms with E-state index in [1.165, 1.54) is 23.1 Å². The normalized spacial score (nSPS) is 22.7. The van der Waals surface area contributed by atoms with Crippen LogP contribution in [0.2, 0.25) is 0 Å². The molecule has 3 aromatic rings. The van der Waals surface area contributed by atoms with E-state index in [-0.39, 0.29) is 12.1 Å². The van der Waals surface area contributed by atoms with Crippen molar-refractivity contribution in [3.05, 3.63) is 47.4 Å². The SMILES string of the molecule is C[C@]1(c2cnn(C(F)F)c2)CC(C(=O)O)c2cnc3cc(F)nn3c21. The molecule has 1 N–H and O–H groups in total. The largest absolute Gasteiger partial charge is 0.481 e. The molecule has 4 rings (SSSR count). The van der Waals surface area contributed by atoms with Gasteiger partial charge in [0.1, 0.15) is 0 Å². The van der Waals surface area contributed by atoms with Gasteiger partial charge in [-0.05, 0) is 13.3 Å². The lowest BCUT2D eigenvalue weighted by Crippen LogP contribution is -2.24. The monoisotopic (exact) mass is 351 g/mol. The minimum absolute atomic E-state index is 0.106. The van der Waals surface area contributed by atoms with E-state index < -0.39 is 29.8 Å². The molecule has 0 saturated heterocycles. The Morgan fingerprint density at radius 3 is 2.84 bits per heavy atom. The molecule has 1 aliphatic rings. The molecule has 3 heterocycles. The van der Waals surface area contributed by atoms with Crippen molar-refractivity contribution in [2.45, 2.75) is 31.2 Å². The third-order valence-electron chi connectivity index (χ3n) is 4.73. The summed E-state index contributed by atoms with van der Waals surface area (Å²) in [5.41, 5.74) is 0.444. The number of rotatable bonds is 3. The third-order valence-corrected chi connectivity index (χ3v) is 4.73. The van der Waals surface area contributed by atoms with E-state index in [2.05, 4.69) is 15.2 Å². The zero-order valence-electron chi connectivity index (χ0n) is 12.9. The van der Waals surface area contributed by atoms with Gasteiger partial charge in [0.2, 0.25) is 5.95 Å². The van der Waals surface area contributed by atoms with Gasteiger partial charge in [0.25, 0.3) is 0 Å². The Bertz CT molecular complexity index is 998. The van der Waals surface area contributed by atoms with Crippen LogP contribution in [-0.4, -0.2) is 35.5 Å². The van der Waals surface area contributed by atoms with Crippen LogP contribution in [0.15, 0.2) is 24.7 Å². The van der Waals surface area contributed by atoms with Gasteiger partial charge in [0.05, 0.1) is 17.8 Å². The maximum atomic E-state index is 13.6. The molecule has 0 radical (unpaired) electrons. The van der Waals surface area contributed by atoms with Crippen molar-refractivity contribution in [2.75, 3.05) is 0 Å².